The van der Waals surface area contributed by atoms with Gasteiger partial charge in [-0.05, 0) is 23.8 Å². The van der Waals surface area contributed by atoms with Gasteiger partial charge in [-0.1, -0.05) is 91.0 Å². The molecule has 0 unspecified atom stereocenters. The summed E-state index contributed by atoms with van der Waals surface area (Å²) in [5, 5.41) is 4.19. The number of hydrogen-bond donors (Lipinski definition) is 0. The molecule has 0 aliphatic carbocycles. The molecule has 3 heteroatoms. The summed E-state index contributed by atoms with van der Waals surface area (Å²) in [6.45, 7) is 0. The minimum absolute atomic E-state index is 0. The predicted molar refractivity (Wildman–Crippen MR) is 90.9 cm³/mol. The second-order valence-electron chi connectivity index (χ2n) is 4.34. The largest absolute Gasteiger partial charge is 0.0622 e. The van der Waals surface area contributed by atoms with Crippen molar-refractivity contribution in [3.63, 3.8) is 0 Å². The molecule has 0 amide bonds. The van der Waals surface area contributed by atoms with Gasteiger partial charge in [-0.15, -0.1) is 0 Å². The van der Waals surface area contributed by atoms with E-state index in [0.29, 0.717) is 0 Å². The molecule has 0 nitrogen and oxygen atoms in total. The second-order valence-corrected chi connectivity index (χ2v) is 6.56. The van der Waals surface area contributed by atoms with Gasteiger partial charge in [-0.2, -0.15) is 0 Å². The van der Waals surface area contributed by atoms with E-state index in [4.69, 9.17) is 0 Å². The quantitative estimate of drug-likeness (QED) is 0.462. The Balaban J connectivity index is 0.00000110. The molecule has 3 aromatic rings. The van der Waals surface area contributed by atoms with E-state index in [1.54, 1.807) is 0 Å². The van der Waals surface area contributed by atoms with Crippen molar-refractivity contribution in [1.82, 2.24) is 0 Å². The zero-order chi connectivity index (χ0) is 12.9. The van der Waals surface area contributed by atoms with Crippen LogP contribution < -0.4 is 15.9 Å². The minimum Gasteiger partial charge on any atom is -0.0622 e. The van der Waals surface area contributed by atoms with E-state index < -0.39 is 7.92 Å². The molecule has 3 aromatic carbocycles. The van der Waals surface area contributed by atoms with E-state index in [1.807, 2.05) is 0 Å². The molecule has 0 aromatic heterocycles. The fraction of sp³-hybridized carbons (Fsp3) is 0. The Bertz CT molecular complexity index is 535. The van der Waals surface area contributed by atoms with Gasteiger partial charge in [-0.3, -0.25) is 0 Å². The summed E-state index contributed by atoms with van der Waals surface area (Å²) in [5.74, 6) is 0. The molecule has 21 heavy (non-hydrogen) atoms. The van der Waals surface area contributed by atoms with E-state index in [9.17, 15) is 0 Å². The molecule has 103 valence electrons. The maximum atomic E-state index is 2.23. The molecule has 0 aliphatic heterocycles. The fourth-order valence-electron chi connectivity index (χ4n) is 2.18. The van der Waals surface area contributed by atoms with Gasteiger partial charge < -0.3 is 0 Å². The Labute approximate surface area is 184 Å². The van der Waals surface area contributed by atoms with Gasteiger partial charge in [0.05, 0.1) is 0 Å². The topological polar surface area (TPSA) is 0 Å². The Kier molecular flexibility index (Phi) is 9.46. The summed E-state index contributed by atoms with van der Waals surface area (Å²) in [5.41, 5.74) is 0. The second kappa shape index (κ2) is 10.2. The summed E-state index contributed by atoms with van der Waals surface area (Å²) in [4.78, 5) is 0. The van der Waals surface area contributed by atoms with Crippen LogP contribution in [0.4, 0.5) is 0 Å². The van der Waals surface area contributed by atoms with Crippen molar-refractivity contribution in [3.05, 3.63) is 91.0 Å². The van der Waals surface area contributed by atoms with E-state index >= 15 is 0 Å². The van der Waals surface area contributed by atoms with Crippen molar-refractivity contribution >= 4 is 75.2 Å². The predicted octanol–water partition coefficient (Wildman–Crippen LogP) is 3.06. The minimum atomic E-state index is -0.446. The first-order valence-corrected chi connectivity index (χ1v) is 7.74. The van der Waals surface area contributed by atoms with Crippen LogP contribution in [0.3, 0.4) is 0 Å². The van der Waals surface area contributed by atoms with Gasteiger partial charge in [0, 0.05) is 71.8 Å². The molecule has 3 rings (SSSR count). The summed E-state index contributed by atoms with van der Waals surface area (Å²) in [7, 11) is -0.446. The molecule has 0 saturated heterocycles. The van der Waals surface area contributed by atoms with Crippen LogP contribution in [0.15, 0.2) is 91.0 Å². The van der Waals surface area contributed by atoms with Crippen LogP contribution in [-0.2, 0) is 20.4 Å². The third kappa shape index (κ3) is 5.21. The molecule has 0 saturated carbocycles. The van der Waals surface area contributed by atoms with Gasteiger partial charge in [0.25, 0.3) is 0 Å². The summed E-state index contributed by atoms with van der Waals surface area (Å²) in [6, 6.07) is 32.3. The molecule has 0 heterocycles. The van der Waals surface area contributed by atoms with Gasteiger partial charge in [0.1, 0.15) is 0 Å². The number of rotatable bonds is 3. The smallest absolute Gasteiger partial charge is 0 e. The summed E-state index contributed by atoms with van der Waals surface area (Å²) >= 11 is 0. The van der Waals surface area contributed by atoms with Gasteiger partial charge in [0.15, 0.2) is 0 Å². The standard InChI is InChI=1S/C18H15P.K.Pd/c1-4-10-16(11-5-1)19(17-12-6-2-7-13-17)18-14-8-3-9-15-18;;/h1-15H;;. The average molecular weight is 408 g/mol. The van der Waals surface area contributed by atoms with E-state index in [-0.39, 0.29) is 71.8 Å². The van der Waals surface area contributed by atoms with Crippen LogP contribution >= 0.6 is 7.92 Å². The zero-order valence-corrected chi connectivity index (χ0v) is 17.5. The molecule has 0 aliphatic rings. The van der Waals surface area contributed by atoms with Crippen LogP contribution in [0.5, 0.6) is 0 Å². The molecule has 0 bridgehead atoms. The first kappa shape index (κ1) is 19.4. The van der Waals surface area contributed by atoms with Crippen molar-refractivity contribution in [2.75, 3.05) is 0 Å². The normalized spacial score (nSPS) is 9.57. The maximum absolute atomic E-state index is 2.23. The molecular formula is C18H15KPPd. The summed E-state index contributed by atoms with van der Waals surface area (Å²) < 4.78 is 0. The third-order valence-electron chi connectivity index (χ3n) is 3.04. The third-order valence-corrected chi connectivity index (χ3v) is 5.49. The van der Waals surface area contributed by atoms with Gasteiger partial charge in [-0.25, -0.2) is 0 Å². The van der Waals surface area contributed by atoms with Crippen molar-refractivity contribution in [2.45, 2.75) is 0 Å². The van der Waals surface area contributed by atoms with Crippen LogP contribution in [0.1, 0.15) is 0 Å². The van der Waals surface area contributed by atoms with Gasteiger partial charge >= 0.3 is 0 Å². The Hall–Kier alpha value is 0.389. The Morgan fingerprint density at radius 3 is 0.905 bits per heavy atom. The molecular weight excluding hydrogens is 393 g/mol. The van der Waals surface area contributed by atoms with Crippen molar-refractivity contribution in [1.29, 1.82) is 0 Å². The molecule has 0 spiro atoms. The van der Waals surface area contributed by atoms with Crippen LogP contribution in [0.25, 0.3) is 0 Å². The zero-order valence-electron chi connectivity index (χ0n) is 11.9. The van der Waals surface area contributed by atoms with Crippen LogP contribution in [-0.4, -0.2) is 51.4 Å². The van der Waals surface area contributed by atoms with Crippen molar-refractivity contribution < 1.29 is 20.4 Å². The van der Waals surface area contributed by atoms with E-state index in [0.717, 1.165) is 0 Å². The molecule has 0 fully saturated rings. The number of benzene rings is 3. The Morgan fingerprint density at radius 1 is 0.429 bits per heavy atom. The van der Waals surface area contributed by atoms with Crippen LogP contribution in [0.2, 0.25) is 0 Å². The van der Waals surface area contributed by atoms with E-state index in [1.165, 1.54) is 15.9 Å². The molecule has 0 N–H and O–H groups in total. The Morgan fingerprint density at radius 2 is 0.667 bits per heavy atom. The van der Waals surface area contributed by atoms with Crippen molar-refractivity contribution in [2.24, 2.45) is 0 Å². The monoisotopic (exact) mass is 407 g/mol. The summed E-state index contributed by atoms with van der Waals surface area (Å²) in [6.07, 6.45) is 0. The van der Waals surface area contributed by atoms with Crippen LogP contribution in [0, 0.1) is 0 Å². The van der Waals surface area contributed by atoms with E-state index in [2.05, 4.69) is 91.0 Å². The number of hydrogen-bond acceptors (Lipinski definition) is 0. The first-order valence-electron chi connectivity index (χ1n) is 6.40. The van der Waals surface area contributed by atoms with Crippen molar-refractivity contribution in [3.8, 4) is 0 Å². The molecule has 0 atom stereocenters. The molecule has 1 radical (unpaired) electrons. The SMILES string of the molecule is [K].[Pd].c1ccc(P(c2ccccc2)c2ccccc2)cc1. The fourth-order valence-corrected chi connectivity index (χ4v) is 4.48. The first-order chi connectivity index (χ1) is 9.45. The average Bonchev–Trinajstić information content (AvgIpc) is 2.51. The maximum Gasteiger partial charge on any atom is 0 e. The van der Waals surface area contributed by atoms with Gasteiger partial charge in [0.2, 0.25) is 0 Å².